The van der Waals surface area contributed by atoms with Gasteiger partial charge in [-0.15, -0.1) is 10.2 Å². The number of fused-ring (bicyclic) bond motifs is 1. The number of carboxylic acid groups (broad SMARTS) is 1. The summed E-state index contributed by atoms with van der Waals surface area (Å²) >= 11 is 0. The van der Waals surface area contributed by atoms with Crippen LogP contribution in [0.15, 0.2) is 46.8 Å². The largest absolute Gasteiger partial charge is 0.507 e. The van der Waals surface area contributed by atoms with Gasteiger partial charge < -0.3 is 10.2 Å². The zero-order chi connectivity index (χ0) is 18.1. The lowest BCUT2D eigenvalue weighted by molar-refractivity contribution is 0.0694. The molecule has 0 amide bonds. The van der Waals surface area contributed by atoms with Gasteiger partial charge in [0.2, 0.25) is 0 Å². The molecule has 0 fully saturated rings. The monoisotopic (exact) mass is 342 g/mol. The molecule has 2 N–H and O–H groups in total. The molecule has 0 aliphatic heterocycles. The van der Waals surface area contributed by atoms with E-state index in [2.05, 4.69) is 15.2 Å². The van der Waals surface area contributed by atoms with Crippen LogP contribution in [0.2, 0.25) is 0 Å². The van der Waals surface area contributed by atoms with Gasteiger partial charge in [-0.05, 0) is 36.2 Å². The molecule has 3 rings (SSSR count). The van der Waals surface area contributed by atoms with Crippen molar-refractivity contribution in [1.29, 1.82) is 0 Å². The number of phenols is 1. The van der Waals surface area contributed by atoms with Crippen LogP contribution in [0.25, 0.3) is 5.65 Å². The summed E-state index contributed by atoms with van der Waals surface area (Å²) < 4.78 is 15.1. The summed E-state index contributed by atoms with van der Waals surface area (Å²) in [5, 5.41) is 26.7. The minimum atomic E-state index is -1.27. The molecule has 1 aromatic carbocycles. The third kappa shape index (κ3) is 3.18. The normalized spacial score (nSPS) is 11.7. The fourth-order valence-corrected chi connectivity index (χ4v) is 2.37. The number of hydrogen-bond acceptors (Lipinski definition) is 5. The number of carbonyl (C=O) groups is 1. The van der Waals surface area contributed by atoms with Crippen LogP contribution >= 0.6 is 0 Å². The highest BCUT2D eigenvalue weighted by Crippen LogP contribution is 2.30. The van der Waals surface area contributed by atoms with E-state index in [0.717, 1.165) is 0 Å². The molecule has 0 spiro atoms. The van der Waals surface area contributed by atoms with Crippen molar-refractivity contribution < 1.29 is 19.4 Å². The SMILES string of the molecule is CC(C)c1nc2ccc(F)cn2c1N=Nc1ccc(O)c(C(=O)O)c1. The quantitative estimate of drug-likeness (QED) is 0.686. The summed E-state index contributed by atoms with van der Waals surface area (Å²) in [5.41, 5.74) is 1.16. The number of aromatic nitrogens is 2. The van der Waals surface area contributed by atoms with Crippen molar-refractivity contribution in [3.8, 4) is 5.75 Å². The van der Waals surface area contributed by atoms with E-state index in [1.165, 1.54) is 34.9 Å². The van der Waals surface area contributed by atoms with Crippen LogP contribution in [0.3, 0.4) is 0 Å². The van der Waals surface area contributed by atoms with E-state index in [1.807, 2.05) is 13.8 Å². The van der Waals surface area contributed by atoms with Crippen LogP contribution in [0.4, 0.5) is 15.9 Å². The molecule has 2 heterocycles. The fourth-order valence-electron chi connectivity index (χ4n) is 2.37. The van der Waals surface area contributed by atoms with Crippen LogP contribution in [-0.2, 0) is 0 Å². The van der Waals surface area contributed by atoms with Crippen molar-refractivity contribution in [2.75, 3.05) is 0 Å². The van der Waals surface area contributed by atoms with Gasteiger partial charge >= 0.3 is 5.97 Å². The summed E-state index contributed by atoms with van der Waals surface area (Å²) in [4.78, 5) is 15.5. The number of rotatable bonds is 4. The van der Waals surface area contributed by atoms with Crippen molar-refractivity contribution >= 4 is 23.1 Å². The standard InChI is InChI=1S/C17H15FN4O3/c1-9(2)15-16(22-8-10(18)3-6-14(22)19-15)21-20-11-4-5-13(23)12(7-11)17(24)25/h3-9,23H,1-2H3,(H,24,25). The molecular formula is C17H15FN4O3. The lowest BCUT2D eigenvalue weighted by Gasteiger charge is -2.02. The number of benzene rings is 1. The maximum atomic E-state index is 13.6. The van der Waals surface area contributed by atoms with Gasteiger partial charge in [0.25, 0.3) is 0 Å². The van der Waals surface area contributed by atoms with Crippen molar-refractivity contribution in [3.05, 3.63) is 53.6 Å². The topological polar surface area (TPSA) is 99.5 Å². The Kier molecular flexibility index (Phi) is 4.18. The van der Waals surface area contributed by atoms with Crippen LogP contribution in [0.1, 0.15) is 35.8 Å². The van der Waals surface area contributed by atoms with Gasteiger partial charge in [-0.25, -0.2) is 14.2 Å². The maximum absolute atomic E-state index is 13.6. The predicted octanol–water partition coefficient (Wildman–Crippen LogP) is 4.42. The van der Waals surface area contributed by atoms with Gasteiger partial charge in [-0.1, -0.05) is 13.8 Å². The Morgan fingerprint density at radius 1 is 1.24 bits per heavy atom. The lowest BCUT2D eigenvalue weighted by Crippen LogP contribution is -1.95. The van der Waals surface area contributed by atoms with Gasteiger partial charge in [-0.2, -0.15) is 0 Å². The molecular weight excluding hydrogens is 327 g/mol. The summed E-state index contributed by atoms with van der Waals surface area (Å²) in [6.07, 6.45) is 1.27. The highest BCUT2D eigenvalue weighted by atomic mass is 19.1. The van der Waals surface area contributed by atoms with Crippen molar-refractivity contribution in [2.24, 2.45) is 10.2 Å². The van der Waals surface area contributed by atoms with Crippen LogP contribution in [-0.4, -0.2) is 25.6 Å². The van der Waals surface area contributed by atoms with E-state index in [4.69, 9.17) is 5.11 Å². The lowest BCUT2D eigenvalue weighted by atomic mass is 10.1. The average molecular weight is 342 g/mol. The maximum Gasteiger partial charge on any atom is 0.339 e. The van der Waals surface area contributed by atoms with Gasteiger partial charge in [0.1, 0.15) is 22.8 Å². The molecule has 0 unspecified atom stereocenters. The molecule has 0 aliphatic rings. The van der Waals surface area contributed by atoms with E-state index in [-0.39, 0.29) is 22.9 Å². The van der Waals surface area contributed by atoms with E-state index >= 15 is 0 Å². The molecule has 0 saturated heterocycles. The highest BCUT2D eigenvalue weighted by Gasteiger charge is 2.16. The van der Waals surface area contributed by atoms with Gasteiger partial charge in [0.05, 0.1) is 11.4 Å². The molecule has 8 heteroatoms. The number of carboxylic acids is 1. The third-order valence-electron chi connectivity index (χ3n) is 3.60. The summed E-state index contributed by atoms with van der Waals surface area (Å²) in [6.45, 7) is 3.86. The molecule has 2 aromatic heterocycles. The average Bonchev–Trinajstić information content (AvgIpc) is 2.92. The Morgan fingerprint density at radius 3 is 2.68 bits per heavy atom. The first-order chi connectivity index (χ1) is 11.9. The van der Waals surface area contributed by atoms with Gasteiger partial charge in [-0.3, -0.25) is 4.40 Å². The Morgan fingerprint density at radius 2 is 2.00 bits per heavy atom. The fraction of sp³-hybridized carbons (Fsp3) is 0.176. The molecule has 0 atom stereocenters. The minimum Gasteiger partial charge on any atom is -0.507 e. The number of aromatic hydroxyl groups is 1. The summed E-state index contributed by atoms with van der Waals surface area (Å²) in [6, 6.07) is 6.73. The number of imidazole rings is 1. The molecule has 0 aliphatic carbocycles. The Bertz CT molecular complexity index is 995. The molecule has 3 aromatic rings. The predicted molar refractivity (Wildman–Crippen MR) is 88.5 cm³/mol. The third-order valence-corrected chi connectivity index (χ3v) is 3.60. The molecule has 0 saturated carbocycles. The number of nitrogens with zero attached hydrogens (tertiary/aromatic N) is 4. The Hall–Kier alpha value is -3.29. The van der Waals surface area contributed by atoms with E-state index in [0.29, 0.717) is 17.2 Å². The number of halogens is 1. The molecule has 128 valence electrons. The smallest absolute Gasteiger partial charge is 0.339 e. The van der Waals surface area contributed by atoms with Gasteiger partial charge in [0.15, 0.2) is 5.82 Å². The van der Waals surface area contributed by atoms with Crippen molar-refractivity contribution in [1.82, 2.24) is 9.38 Å². The van der Waals surface area contributed by atoms with Crippen molar-refractivity contribution in [3.63, 3.8) is 0 Å². The number of aromatic carboxylic acids is 1. The van der Waals surface area contributed by atoms with Gasteiger partial charge in [0, 0.05) is 6.20 Å². The zero-order valence-electron chi connectivity index (χ0n) is 13.5. The molecule has 25 heavy (non-hydrogen) atoms. The van der Waals surface area contributed by atoms with E-state index in [1.54, 1.807) is 6.07 Å². The first-order valence-electron chi connectivity index (χ1n) is 7.52. The second kappa shape index (κ2) is 6.31. The van der Waals surface area contributed by atoms with Crippen LogP contribution in [0, 0.1) is 5.82 Å². The first kappa shape index (κ1) is 16.6. The summed E-state index contributed by atoms with van der Waals surface area (Å²) in [7, 11) is 0. The zero-order valence-corrected chi connectivity index (χ0v) is 13.5. The van der Waals surface area contributed by atoms with E-state index < -0.39 is 11.8 Å². The Balaban J connectivity index is 2.09. The molecule has 0 bridgehead atoms. The Labute approximate surface area is 142 Å². The number of hydrogen-bond donors (Lipinski definition) is 2. The minimum absolute atomic E-state index is 0.0336. The number of pyridine rings is 1. The first-order valence-corrected chi connectivity index (χ1v) is 7.52. The highest BCUT2D eigenvalue weighted by molar-refractivity contribution is 5.91. The van der Waals surface area contributed by atoms with Crippen LogP contribution in [0.5, 0.6) is 5.75 Å². The van der Waals surface area contributed by atoms with Crippen molar-refractivity contribution in [2.45, 2.75) is 19.8 Å². The van der Waals surface area contributed by atoms with E-state index in [9.17, 15) is 14.3 Å². The van der Waals surface area contributed by atoms with Crippen LogP contribution < -0.4 is 0 Å². The summed E-state index contributed by atoms with van der Waals surface area (Å²) in [5.74, 6) is -1.66. The second-order valence-electron chi connectivity index (χ2n) is 5.76. The molecule has 0 radical (unpaired) electrons. The molecule has 7 nitrogen and oxygen atoms in total. The second-order valence-corrected chi connectivity index (χ2v) is 5.76. The number of azo groups is 1.